The van der Waals surface area contributed by atoms with E-state index in [-0.39, 0.29) is 12.2 Å². The van der Waals surface area contributed by atoms with Crippen molar-refractivity contribution in [3.05, 3.63) is 62.9 Å². The van der Waals surface area contributed by atoms with Crippen molar-refractivity contribution in [1.29, 1.82) is 5.26 Å². The van der Waals surface area contributed by atoms with E-state index < -0.39 is 5.97 Å². The van der Waals surface area contributed by atoms with E-state index in [0.29, 0.717) is 6.04 Å². The molecule has 0 N–H and O–H groups in total. The van der Waals surface area contributed by atoms with Crippen molar-refractivity contribution in [2.75, 3.05) is 0 Å². The van der Waals surface area contributed by atoms with Gasteiger partial charge in [0.2, 0.25) is 0 Å². The highest BCUT2D eigenvalue weighted by Crippen LogP contribution is 2.38. The summed E-state index contributed by atoms with van der Waals surface area (Å²) in [4.78, 5) is 12.2. The number of rotatable bonds is 5. The minimum absolute atomic E-state index is 0.0214. The van der Waals surface area contributed by atoms with Crippen LogP contribution in [0.15, 0.2) is 40.4 Å². The lowest BCUT2D eigenvalue weighted by Gasteiger charge is -2.07. The molecule has 0 amide bonds. The van der Waals surface area contributed by atoms with Gasteiger partial charge in [-0.2, -0.15) is 5.26 Å². The van der Waals surface area contributed by atoms with Gasteiger partial charge in [-0.1, -0.05) is 28.1 Å². The lowest BCUT2D eigenvalue weighted by Crippen LogP contribution is -2.07. The van der Waals surface area contributed by atoms with Crippen LogP contribution in [0, 0.1) is 25.2 Å². The van der Waals surface area contributed by atoms with Crippen LogP contribution in [0.3, 0.4) is 0 Å². The molecule has 1 aromatic heterocycles. The fourth-order valence-electron chi connectivity index (χ4n) is 2.94. The lowest BCUT2D eigenvalue weighted by molar-refractivity contribution is -0.139. The van der Waals surface area contributed by atoms with Gasteiger partial charge in [-0.25, -0.2) is 4.79 Å². The Kier molecular flexibility index (Phi) is 5.10. The van der Waals surface area contributed by atoms with Crippen LogP contribution in [0.1, 0.15) is 41.4 Å². The maximum atomic E-state index is 12.2. The zero-order chi connectivity index (χ0) is 18.0. The minimum Gasteiger partial charge on any atom is -0.457 e. The number of ether oxygens (including phenoxy) is 1. The topological polar surface area (TPSA) is 55.0 Å². The zero-order valence-corrected chi connectivity index (χ0v) is 15.8. The zero-order valence-electron chi connectivity index (χ0n) is 14.3. The number of nitriles is 1. The Hall–Kier alpha value is -2.32. The van der Waals surface area contributed by atoms with Crippen molar-refractivity contribution in [3.63, 3.8) is 0 Å². The molecule has 1 aromatic carbocycles. The van der Waals surface area contributed by atoms with Crippen molar-refractivity contribution < 1.29 is 9.53 Å². The third-order valence-electron chi connectivity index (χ3n) is 4.36. The summed E-state index contributed by atoms with van der Waals surface area (Å²) in [6.45, 7) is 4.23. The Bertz CT molecular complexity index is 868. The van der Waals surface area contributed by atoms with Crippen LogP contribution in [-0.2, 0) is 16.1 Å². The second kappa shape index (κ2) is 7.28. The largest absolute Gasteiger partial charge is 0.457 e. The number of aromatic nitrogens is 1. The fraction of sp³-hybridized carbons (Fsp3) is 0.300. The van der Waals surface area contributed by atoms with E-state index in [1.165, 1.54) is 12.8 Å². The van der Waals surface area contributed by atoms with Crippen molar-refractivity contribution in [3.8, 4) is 6.07 Å². The third kappa shape index (κ3) is 4.02. The molecule has 1 heterocycles. The molecule has 2 aromatic rings. The van der Waals surface area contributed by atoms with Gasteiger partial charge in [0, 0.05) is 21.9 Å². The normalized spacial score (nSPS) is 14.2. The van der Waals surface area contributed by atoms with E-state index in [0.717, 1.165) is 27.0 Å². The lowest BCUT2D eigenvalue weighted by atomic mass is 10.1. The first-order valence-electron chi connectivity index (χ1n) is 8.21. The number of hydrogen-bond donors (Lipinski definition) is 0. The molecule has 1 aliphatic rings. The predicted molar refractivity (Wildman–Crippen MR) is 99.7 cm³/mol. The van der Waals surface area contributed by atoms with Crippen LogP contribution in [0.2, 0.25) is 0 Å². The summed E-state index contributed by atoms with van der Waals surface area (Å²) in [6, 6.07) is 12.1. The van der Waals surface area contributed by atoms with Gasteiger partial charge < -0.3 is 9.30 Å². The molecular weight excluding hydrogens is 380 g/mol. The summed E-state index contributed by atoms with van der Waals surface area (Å²) < 4.78 is 8.53. The molecule has 25 heavy (non-hydrogen) atoms. The number of hydrogen-bond acceptors (Lipinski definition) is 3. The molecule has 3 rings (SSSR count). The maximum absolute atomic E-state index is 12.2. The van der Waals surface area contributed by atoms with E-state index in [4.69, 9.17) is 4.74 Å². The summed E-state index contributed by atoms with van der Waals surface area (Å²) in [5, 5.41) is 9.35. The first-order valence-corrected chi connectivity index (χ1v) is 9.00. The Labute approximate surface area is 155 Å². The van der Waals surface area contributed by atoms with Gasteiger partial charge in [0.15, 0.2) is 0 Å². The first kappa shape index (κ1) is 17.5. The van der Waals surface area contributed by atoms with Crippen LogP contribution in [-0.4, -0.2) is 10.5 Å². The number of nitrogens with zero attached hydrogens (tertiary/aromatic N) is 2. The number of carbonyl (C=O) groups excluding carboxylic acids is 1. The van der Waals surface area contributed by atoms with Gasteiger partial charge in [0.05, 0.1) is 0 Å². The molecule has 1 fully saturated rings. The monoisotopic (exact) mass is 398 g/mol. The Morgan fingerprint density at radius 3 is 2.64 bits per heavy atom. The molecule has 0 bridgehead atoms. The Morgan fingerprint density at radius 1 is 1.36 bits per heavy atom. The second-order valence-electron chi connectivity index (χ2n) is 6.30. The quantitative estimate of drug-likeness (QED) is 0.410. The second-order valence-corrected chi connectivity index (χ2v) is 7.22. The molecule has 0 atom stereocenters. The molecular formula is C20H19BrN2O2. The summed E-state index contributed by atoms with van der Waals surface area (Å²) in [7, 11) is 0. The minimum atomic E-state index is -0.596. The summed E-state index contributed by atoms with van der Waals surface area (Å²) >= 11 is 3.36. The third-order valence-corrected chi connectivity index (χ3v) is 4.89. The van der Waals surface area contributed by atoms with Gasteiger partial charge in [-0.05, 0) is 62.1 Å². The number of esters is 1. The van der Waals surface area contributed by atoms with Gasteiger partial charge >= 0.3 is 5.97 Å². The van der Waals surface area contributed by atoms with Crippen LogP contribution in [0.25, 0.3) is 6.08 Å². The molecule has 1 aliphatic carbocycles. The smallest absolute Gasteiger partial charge is 0.349 e. The van der Waals surface area contributed by atoms with Crippen LogP contribution in [0.4, 0.5) is 0 Å². The molecule has 5 heteroatoms. The number of carbonyl (C=O) groups is 1. The highest BCUT2D eigenvalue weighted by molar-refractivity contribution is 9.10. The SMILES string of the molecule is Cc1cc(/C=C(\C#N)C(=O)OCc2ccc(Br)cc2)c(C)n1C1CC1. The average Bonchev–Trinajstić information content (AvgIpc) is 3.38. The molecule has 0 spiro atoms. The van der Waals surface area contributed by atoms with Gasteiger partial charge in [0.25, 0.3) is 0 Å². The molecule has 0 unspecified atom stereocenters. The van der Waals surface area contributed by atoms with E-state index in [2.05, 4.69) is 27.4 Å². The van der Waals surface area contributed by atoms with Crippen molar-refractivity contribution in [2.45, 2.75) is 39.3 Å². The highest BCUT2D eigenvalue weighted by Gasteiger charge is 2.26. The van der Waals surface area contributed by atoms with Gasteiger partial charge in [-0.3, -0.25) is 0 Å². The van der Waals surface area contributed by atoms with Gasteiger partial charge in [0.1, 0.15) is 18.2 Å². The van der Waals surface area contributed by atoms with Crippen molar-refractivity contribution in [1.82, 2.24) is 4.57 Å². The van der Waals surface area contributed by atoms with E-state index in [1.54, 1.807) is 6.08 Å². The molecule has 0 saturated heterocycles. The standard InChI is InChI=1S/C20H19BrN2O2/c1-13-9-16(14(2)23(13)19-7-8-19)10-17(11-22)20(24)25-12-15-3-5-18(21)6-4-15/h3-6,9-10,19H,7-8,12H2,1-2H3/b17-10+. The van der Waals surface area contributed by atoms with Crippen molar-refractivity contribution >= 4 is 28.0 Å². The number of halogens is 1. The van der Waals surface area contributed by atoms with Crippen LogP contribution in [0.5, 0.6) is 0 Å². The molecule has 4 nitrogen and oxygen atoms in total. The first-order chi connectivity index (χ1) is 12.0. The Morgan fingerprint density at radius 2 is 2.04 bits per heavy atom. The van der Waals surface area contributed by atoms with Gasteiger partial charge in [-0.15, -0.1) is 0 Å². The Balaban J connectivity index is 1.74. The summed E-state index contributed by atoms with van der Waals surface area (Å²) in [6.07, 6.45) is 4.02. The molecule has 0 radical (unpaired) electrons. The summed E-state index contributed by atoms with van der Waals surface area (Å²) in [5.74, 6) is -0.596. The molecule has 128 valence electrons. The van der Waals surface area contributed by atoms with Crippen LogP contribution < -0.4 is 0 Å². The predicted octanol–water partition coefficient (Wildman–Crippen LogP) is 4.85. The number of aryl methyl sites for hydroxylation is 1. The van der Waals surface area contributed by atoms with E-state index in [1.807, 2.05) is 43.3 Å². The number of benzene rings is 1. The molecule has 1 saturated carbocycles. The average molecular weight is 399 g/mol. The van der Waals surface area contributed by atoms with Crippen LogP contribution >= 0.6 is 15.9 Å². The maximum Gasteiger partial charge on any atom is 0.349 e. The van der Waals surface area contributed by atoms with E-state index in [9.17, 15) is 10.1 Å². The highest BCUT2D eigenvalue weighted by atomic mass is 79.9. The van der Waals surface area contributed by atoms with E-state index >= 15 is 0 Å². The summed E-state index contributed by atoms with van der Waals surface area (Å²) in [5.41, 5.74) is 4.05. The van der Waals surface area contributed by atoms with Crippen molar-refractivity contribution in [2.24, 2.45) is 0 Å². The fourth-order valence-corrected chi connectivity index (χ4v) is 3.21. The molecule has 0 aliphatic heterocycles.